The van der Waals surface area contributed by atoms with E-state index in [0.29, 0.717) is 5.56 Å². The quantitative estimate of drug-likeness (QED) is 0.580. The molecule has 2 atom stereocenters. The van der Waals surface area contributed by atoms with Gasteiger partial charge >= 0.3 is 5.97 Å². The molecule has 0 unspecified atom stereocenters. The predicted molar refractivity (Wildman–Crippen MR) is 115 cm³/mol. The van der Waals surface area contributed by atoms with Gasteiger partial charge < -0.3 is 14.8 Å². The van der Waals surface area contributed by atoms with Crippen LogP contribution in [0.4, 0.5) is 0 Å². The number of ether oxygens (including phenoxy) is 2. The molecule has 0 fully saturated rings. The van der Waals surface area contributed by atoms with E-state index in [4.69, 9.17) is 9.47 Å². The summed E-state index contributed by atoms with van der Waals surface area (Å²) in [5.41, 5.74) is 2.50. The van der Waals surface area contributed by atoms with E-state index in [1.807, 2.05) is 91.0 Å². The first-order valence-electron chi connectivity index (χ1n) is 9.71. The van der Waals surface area contributed by atoms with Crippen molar-refractivity contribution in [2.75, 3.05) is 14.2 Å². The van der Waals surface area contributed by atoms with Gasteiger partial charge in [-0.05, 0) is 16.7 Å². The zero-order valence-corrected chi connectivity index (χ0v) is 17.0. The van der Waals surface area contributed by atoms with Crippen molar-refractivity contribution in [2.24, 2.45) is 0 Å². The van der Waals surface area contributed by atoms with Crippen LogP contribution in [0.15, 0.2) is 91.0 Å². The van der Waals surface area contributed by atoms with Crippen molar-refractivity contribution < 1.29 is 19.1 Å². The third-order valence-electron chi connectivity index (χ3n) is 4.98. The van der Waals surface area contributed by atoms with Gasteiger partial charge in [0.05, 0.1) is 7.11 Å². The number of benzene rings is 3. The molecule has 5 nitrogen and oxygen atoms in total. The van der Waals surface area contributed by atoms with Crippen molar-refractivity contribution in [3.63, 3.8) is 0 Å². The molecule has 3 aromatic rings. The molecule has 3 aromatic carbocycles. The third-order valence-corrected chi connectivity index (χ3v) is 4.98. The number of carbonyl (C=O) groups is 2. The van der Waals surface area contributed by atoms with Crippen LogP contribution in [-0.4, -0.2) is 32.1 Å². The van der Waals surface area contributed by atoms with E-state index in [-0.39, 0.29) is 0 Å². The van der Waals surface area contributed by atoms with E-state index < -0.39 is 29.9 Å². The lowest BCUT2D eigenvalue weighted by molar-refractivity contribution is -0.147. The predicted octanol–water partition coefficient (Wildman–Crippen LogP) is 3.86. The van der Waals surface area contributed by atoms with Crippen LogP contribution in [0.5, 0.6) is 0 Å². The van der Waals surface area contributed by atoms with Crippen molar-refractivity contribution in [1.82, 2.24) is 5.32 Å². The van der Waals surface area contributed by atoms with Crippen molar-refractivity contribution in [1.29, 1.82) is 0 Å². The number of esters is 1. The van der Waals surface area contributed by atoms with E-state index in [9.17, 15) is 9.59 Å². The second-order valence-corrected chi connectivity index (χ2v) is 6.83. The molecule has 0 aliphatic carbocycles. The molecule has 1 N–H and O–H groups in total. The zero-order chi connectivity index (χ0) is 21.3. The second-order valence-electron chi connectivity index (χ2n) is 6.83. The number of hydrogen-bond donors (Lipinski definition) is 1. The monoisotopic (exact) mass is 403 g/mol. The molecule has 0 aliphatic rings. The normalized spacial score (nSPS) is 12.8. The van der Waals surface area contributed by atoms with E-state index in [2.05, 4.69) is 5.32 Å². The van der Waals surface area contributed by atoms with Gasteiger partial charge in [-0.25, -0.2) is 4.79 Å². The highest BCUT2D eigenvalue weighted by Gasteiger charge is 2.35. The van der Waals surface area contributed by atoms with Gasteiger partial charge in [-0.3, -0.25) is 4.79 Å². The van der Waals surface area contributed by atoms with Gasteiger partial charge in [0.2, 0.25) is 0 Å². The van der Waals surface area contributed by atoms with Crippen molar-refractivity contribution in [3.8, 4) is 0 Å². The summed E-state index contributed by atoms with van der Waals surface area (Å²) in [7, 11) is 2.79. The average molecular weight is 403 g/mol. The Labute approximate surface area is 176 Å². The topological polar surface area (TPSA) is 64.6 Å². The van der Waals surface area contributed by atoms with Gasteiger partial charge in [0, 0.05) is 13.0 Å². The van der Waals surface area contributed by atoms with Gasteiger partial charge in [0.1, 0.15) is 6.04 Å². The fourth-order valence-electron chi connectivity index (χ4n) is 3.55. The molecule has 0 radical (unpaired) electrons. The fourth-order valence-corrected chi connectivity index (χ4v) is 3.55. The van der Waals surface area contributed by atoms with Gasteiger partial charge in [-0.1, -0.05) is 91.0 Å². The molecule has 1 amide bonds. The van der Waals surface area contributed by atoms with Crippen molar-refractivity contribution in [2.45, 2.75) is 18.1 Å². The maximum Gasteiger partial charge on any atom is 0.329 e. The molecule has 0 aromatic heterocycles. The Morgan fingerprint density at radius 1 is 0.700 bits per heavy atom. The first kappa shape index (κ1) is 21.3. The van der Waals surface area contributed by atoms with Crippen LogP contribution in [0.2, 0.25) is 0 Å². The Hall–Kier alpha value is -3.44. The van der Waals surface area contributed by atoms with E-state index >= 15 is 0 Å². The number of rotatable bonds is 8. The van der Waals surface area contributed by atoms with Crippen LogP contribution in [-0.2, 0) is 19.1 Å². The summed E-state index contributed by atoms with van der Waals surface area (Å²) in [5.74, 6) is -1.35. The third kappa shape index (κ3) is 4.93. The maximum absolute atomic E-state index is 13.1. The minimum Gasteiger partial charge on any atom is -0.467 e. The Morgan fingerprint density at radius 2 is 1.13 bits per heavy atom. The van der Waals surface area contributed by atoms with Crippen LogP contribution < -0.4 is 5.32 Å². The molecule has 0 saturated carbocycles. The molecule has 0 heterocycles. The summed E-state index contributed by atoms with van der Waals surface area (Å²) in [6, 6.07) is 27.4. The molecule has 0 aliphatic heterocycles. The summed E-state index contributed by atoms with van der Waals surface area (Å²) in [6.45, 7) is 0. The highest BCUT2D eigenvalue weighted by Crippen LogP contribution is 2.29. The summed E-state index contributed by atoms with van der Waals surface area (Å²) >= 11 is 0. The first-order chi connectivity index (χ1) is 14.7. The number of methoxy groups -OCH3 is 2. The highest BCUT2D eigenvalue weighted by molar-refractivity contribution is 5.88. The molecule has 3 rings (SSSR count). The van der Waals surface area contributed by atoms with E-state index in [1.165, 1.54) is 14.2 Å². The Morgan fingerprint density at radius 3 is 1.53 bits per heavy atom. The standard InChI is InChI=1S/C25H25NO4/c1-29-23(20-16-10-5-11-17-20)24(27)26-22(25(28)30-2)21(18-12-6-3-7-13-18)19-14-8-4-9-15-19/h3-17,21-23H,1-2H3,(H,26,27)/t22-,23+/m1/s1. The van der Waals surface area contributed by atoms with Crippen molar-refractivity contribution >= 4 is 11.9 Å². The summed E-state index contributed by atoms with van der Waals surface area (Å²) in [6.07, 6.45) is -0.842. The first-order valence-corrected chi connectivity index (χ1v) is 9.71. The Bertz CT molecular complexity index is 905. The number of nitrogens with one attached hydrogen (secondary N) is 1. The summed E-state index contributed by atoms with van der Waals surface area (Å²) in [4.78, 5) is 25.9. The van der Waals surface area contributed by atoms with Crippen LogP contribution in [0.3, 0.4) is 0 Å². The molecule has 0 bridgehead atoms. The SMILES string of the molecule is COC(=O)[C@H](NC(=O)[C@@H](OC)c1ccccc1)C(c1ccccc1)c1ccccc1. The highest BCUT2D eigenvalue weighted by atomic mass is 16.5. The lowest BCUT2D eigenvalue weighted by Gasteiger charge is -2.28. The molecule has 154 valence electrons. The molecule has 5 heteroatoms. The van der Waals surface area contributed by atoms with Gasteiger partial charge in [-0.15, -0.1) is 0 Å². The van der Waals surface area contributed by atoms with E-state index in [1.54, 1.807) is 0 Å². The smallest absolute Gasteiger partial charge is 0.329 e. The Balaban J connectivity index is 1.98. The maximum atomic E-state index is 13.1. The zero-order valence-electron chi connectivity index (χ0n) is 17.0. The number of amides is 1. The van der Waals surface area contributed by atoms with Crippen LogP contribution in [0.1, 0.15) is 28.7 Å². The second kappa shape index (κ2) is 10.4. The van der Waals surface area contributed by atoms with Crippen LogP contribution in [0, 0.1) is 0 Å². The summed E-state index contributed by atoms with van der Waals surface area (Å²) < 4.78 is 10.5. The van der Waals surface area contributed by atoms with E-state index in [0.717, 1.165) is 11.1 Å². The van der Waals surface area contributed by atoms with Crippen LogP contribution >= 0.6 is 0 Å². The Kier molecular flexibility index (Phi) is 7.35. The molecular formula is C25H25NO4. The van der Waals surface area contributed by atoms with Gasteiger partial charge in [-0.2, -0.15) is 0 Å². The van der Waals surface area contributed by atoms with Gasteiger partial charge in [0.25, 0.3) is 5.91 Å². The molecule has 0 spiro atoms. The summed E-state index contributed by atoms with van der Waals surface area (Å²) in [5, 5.41) is 2.88. The largest absolute Gasteiger partial charge is 0.467 e. The lowest BCUT2D eigenvalue weighted by Crippen LogP contribution is -2.47. The molecule has 30 heavy (non-hydrogen) atoms. The van der Waals surface area contributed by atoms with Gasteiger partial charge in [0.15, 0.2) is 6.10 Å². The van der Waals surface area contributed by atoms with Crippen LogP contribution in [0.25, 0.3) is 0 Å². The minimum atomic E-state index is -0.923. The lowest BCUT2D eigenvalue weighted by atomic mass is 9.84. The number of hydrogen-bond acceptors (Lipinski definition) is 4. The fraction of sp³-hybridized carbons (Fsp3) is 0.200. The minimum absolute atomic E-state index is 0.407. The van der Waals surface area contributed by atoms with Crippen molar-refractivity contribution in [3.05, 3.63) is 108 Å². The number of carbonyl (C=O) groups excluding carboxylic acids is 2. The average Bonchev–Trinajstić information content (AvgIpc) is 2.81. The molecular weight excluding hydrogens is 378 g/mol. The molecule has 0 saturated heterocycles.